The first kappa shape index (κ1) is 19.9. The van der Waals surface area contributed by atoms with Crippen molar-refractivity contribution in [2.45, 2.75) is 26.5 Å². The van der Waals surface area contributed by atoms with E-state index < -0.39 is 0 Å². The zero-order valence-corrected chi connectivity index (χ0v) is 15.7. The number of carbonyl (C=O) groups excluding carboxylic acids is 1. The second kappa shape index (κ2) is 10.6. The van der Waals surface area contributed by atoms with Crippen molar-refractivity contribution < 1.29 is 14.3 Å². The van der Waals surface area contributed by atoms with Crippen LogP contribution < -0.4 is 15.4 Å². The van der Waals surface area contributed by atoms with Crippen LogP contribution in [0, 0.1) is 6.92 Å². The molecule has 0 spiro atoms. The molecule has 0 aliphatic heterocycles. The first-order valence-electron chi connectivity index (χ1n) is 8.86. The number of aryl methyl sites for hydroxylation is 1. The first-order valence-corrected chi connectivity index (χ1v) is 8.86. The zero-order chi connectivity index (χ0) is 18.8. The molecule has 0 saturated carbocycles. The maximum atomic E-state index is 11.9. The molecule has 5 heteroatoms. The number of carbonyl (C=O) groups is 1. The highest BCUT2D eigenvalue weighted by molar-refractivity contribution is 5.78. The lowest BCUT2D eigenvalue weighted by Gasteiger charge is -2.15. The Labute approximate surface area is 155 Å². The van der Waals surface area contributed by atoms with Crippen molar-refractivity contribution in [1.29, 1.82) is 0 Å². The molecule has 0 aliphatic carbocycles. The average molecular weight is 356 g/mol. The van der Waals surface area contributed by atoms with E-state index in [2.05, 4.69) is 35.8 Å². The molecule has 2 rings (SSSR count). The minimum atomic E-state index is -0.0578. The van der Waals surface area contributed by atoms with Gasteiger partial charge in [0.1, 0.15) is 12.4 Å². The highest BCUT2D eigenvalue weighted by atomic mass is 16.5. The molecule has 0 aliphatic rings. The monoisotopic (exact) mass is 356 g/mol. The average Bonchev–Trinajstić information content (AvgIpc) is 2.64. The van der Waals surface area contributed by atoms with Gasteiger partial charge >= 0.3 is 0 Å². The Hall–Kier alpha value is -2.37. The number of hydrogen-bond donors (Lipinski definition) is 2. The summed E-state index contributed by atoms with van der Waals surface area (Å²) in [6.07, 6.45) is 0. The molecule has 0 fully saturated rings. The molecule has 0 bridgehead atoms. The van der Waals surface area contributed by atoms with Gasteiger partial charge < -0.3 is 20.1 Å². The predicted octanol–water partition coefficient (Wildman–Crippen LogP) is 2.99. The Bertz CT molecular complexity index is 686. The van der Waals surface area contributed by atoms with Crippen LogP contribution in [0.2, 0.25) is 0 Å². The van der Waals surface area contributed by atoms with Gasteiger partial charge in [-0.05, 0) is 37.1 Å². The van der Waals surface area contributed by atoms with Crippen LogP contribution in [0.3, 0.4) is 0 Å². The van der Waals surface area contributed by atoms with Crippen molar-refractivity contribution in [3.8, 4) is 5.75 Å². The van der Waals surface area contributed by atoms with Gasteiger partial charge in [0.05, 0.1) is 19.2 Å². The summed E-state index contributed by atoms with van der Waals surface area (Å²) < 4.78 is 10.8. The van der Waals surface area contributed by atoms with Gasteiger partial charge in [-0.25, -0.2) is 0 Å². The maximum Gasteiger partial charge on any atom is 0.234 e. The number of benzene rings is 2. The molecule has 2 aromatic carbocycles. The topological polar surface area (TPSA) is 59.6 Å². The van der Waals surface area contributed by atoms with Gasteiger partial charge in [-0.3, -0.25) is 4.79 Å². The number of methoxy groups -OCH3 is 1. The summed E-state index contributed by atoms with van der Waals surface area (Å²) in [5.41, 5.74) is 3.41. The van der Waals surface area contributed by atoms with Gasteiger partial charge in [0.25, 0.3) is 0 Å². The van der Waals surface area contributed by atoms with E-state index >= 15 is 0 Å². The van der Waals surface area contributed by atoms with Crippen molar-refractivity contribution in [1.82, 2.24) is 10.6 Å². The Morgan fingerprint density at radius 2 is 1.92 bits per heavy atom. The summed E-state index contributed by atoms with van der Waals surface area (Å²) in [5.74, 6) is 0.781. The van der Waals surface area contributed by atoms with E-state index in [4.69, 9.17) is 9.47 Å². The van der Waals surface area contributed by atoms with E-state index in [1.807, 2.05) is 37.3 Å². The lowest BCUT2D eigenvalue weighted by atomic mass is 10.1. The van der Waals surface area contributed by atoms with Crippen LogP contribution in [0.4, 0.5) is 0 Å². The summed E-state index contributed by atoms with van der Waals surface area (Å²) in [7, 11) is 1.64. The summed E-state index contributed by atoms with van der Waals surface area (Å²) in [5, 5.41) is 6.00. The van der Waals surface area contributed by atoms with Crippen LogP contribution in [0.15, 0.2) is 48.5 Å². The zero-order valence-electron chi connectivity index (χ0n) is 15.7. The number of rotatable bonds is 10. The van der Waals surface area contributed by atoms with Gasteiger partial charge in [-0.2, -0.15) is 0 Å². The van der Waals surface area contributed by atoms with E-state index in [-0.39, 0.29) is 18.5 Å². The molecular weight excluding hydrogens is 328 g/mol. The number of amides is 1. The number of nitrogens with one attached hydrogen (secondary N) is 2. The van der Waals surface area contributed by atoms with Gasteiger partial charge in [0, 0.05) is 13.7 Å². The predicted molar refractivity (Wildman–Crippen MR) is 103 cm³/mol. The second-order valence-corrected chi connectivity index (χ2v) is 6.31. The summed E-state index contributed by atoms with van der Waals surface area (Å²) in [4.78, 5) is 11.9. The SMILES string of the molecule is COCCNCC(=O)NC(C)c1ccc(OCc2cccc(C)c2)cc1. The Morgan fingerprint density at radius 1 is 1.15 bits per heavy atom. The minimum absolute atomic E-state index is 0.0339. The minimum Gasteiger partial charge on any atom is -0.489 e. The van der Waals surface area contributed by atoms with Gasteiger partial charge in [0.15, 0.2) is 0 Å². The molecule has 2 N–H and O–H groups in total. The molecule has 0 saturated heterocycles. The van der Waals surface area contributed by atoms with E-state index in [1.54, 1.807) is 7.11 Å². The lowest BCUT2D eigenvalue weighted by Crippen LogP contribution is -2.36. The summed E-state index contributed by atoms with van der Waals surface area (Å²) in [6, 6.07) is 16.1. The van der Waals surface area contributed by atoms with Crippen molar-refractivity contribution in [3.63, 3.8) is 0 Å². The van der Waals surface area contributed by atoms with Crippen LogP contribution in [-0.2, 0) is 16.1 Å². The quantitative estimate of drug-likeness (QED) is 0.643. The van der Waals surface area contributed by atoms with E-state index in [0.717, 1.165) is 16.9 Å². The fraction of sp³-hybridized carbons (Fsp3) is 0.381. The van der Waals surface area contributed by atoms with Crippen molar-refractivity contribution in [2.24, 2.45) is 0 Å². The van der Waals surface area contributed by atoms with Gasteiger partial charge in [-0.1, -0.05) is 42.0 Å². The van der Waals surface area contributed by atoms with Crippen LogP contribution in [0.5, 0.6) is 5.75 Å². The Morgan fingerprint density at radius 3 is 2.62 bits per heavy atom. The Balaban J connectivity index is 1.79. The van der Waals surface area contributed by atoms with Gasteiger partial charge in [0.2, 0.25) is 5.91 Å². The molecule has 0 aromatic heterocycles. The van der Waals surface area contributed by atoms with Crippen LogP contribution in [-0.4, -0.2) is 32.7 Å². The smallest absolute Gasteiger partial charge is 0.234 e. The van der Waals surface area contributed by atoms with Gasteiger partial charge in [-0.15, -0.1) is 0 Å². The molecule has 0 radical (unpaired) electrons. The van der Waals surface area contributed by atoms with E-state index in [1.165, 1.54) is 5.56 Å². The molecule has 26 heavy (non-hydrogen) atoms. The Kier molecular flexibility index (Phi) is 8.12. The van der Waals surface area contributed by atoms with Crippen LogP contribution in [0.1, 0.15) is 29.7 Å². The third-order valence-corrected chi connectivity index (χ3v) is 4.01. The fourth-order valence-electron chi connectivity index (χ4n) is 2.57. The molecule has 1 unspecified atom stereocenters. The molecule has 1 amide bonds. The molecule has 2 aromatic rings. The van der Waals surface area contributed by atoms with Crippen molar-refractivity contribution in [2.75, 3.05) is 26.8 Å². The first-order chi connectivity index (χ1) is 12.6. The normalized spacial score (nSPS) is 11.8. The standard InChI is InChI=1S/C21H28N2O3/c1-16-5-4-6-18(13-16)15-26-20-9-7-19(8-10-20)17(2)23-21(24)14-22-11-12-25-3/h4-10,13,17,22H,11-12,14-15H2,1-3H3,(H,23,24). The summed E-state index contributed by atoms with van der Waals surface area (Å²) in [6.45, 7) is 6.11. The number of ether oxygens (including phenoxy) is 2. The largest absolute Gasteiger partial charge is 0.489 e. The molecule has 0 heterocycles. The lowest BCUT2D eigenvalue weighted by molar-refractivity contribution is -0.120. The maximum absolute atomic E-state index is 11.9. The van der Waals surface area contributed by atoms with Crippen molar-refractivity contribution >= 4 is 5.91 Å². The summed E-state index contributed by atoms with van der Waals surface area (Å²) >= 11 is 0. The molecular formula is C21H28N2O3. The third-order valence-electron chi connectivity index (χ3n) is 4.01. The molecule has 140 valence electrons. The van der Waals surface area contributed by atoms with Crippen molar-refractivity contribution in [3.05, 3.63) is 65.2 Å². The van der Waals surface area contributed by atoms with Crippen LogP contribution >= 0.6 is 0 Å². The van der Waals surface area contributed by atoms with Crippen LogP contribution in [0.25, 0.3) is 0 Å². The third kappa shape index (κ3) is 6.86. The highest BCUT2D eigenvalue weighted by Gasteiger charge is 2.09. The second-order valence-electron chi connectivity index (χ2n) is 6.31. The highest BCUT2D eigenvalue weighted by Crippen LogP contribution is 2.18. The fourth-order valence-corrected chi connectivity index (χ4v) is 2.57. The number of hydrogen-bond acceptors (Lipinski definition) is 4. The van der Waals surface area contributed by atoms with E-state index in [9.17, 15) is 4.79 Å². The molecule has 1 atom stereocenters. The van der Waals surface area contributed by atoms with E-state index in [0.29, 0.717) is 19.8 Å². The molecule has 5 nitrogen and oxygen atoms in total.